The molecule has 0 bridgehead atoms. The van der Waals surface area contributed by atoms with Crippen molar-refractivity contribution >= 4 is 22.7 Å². The Morgan fingerprint density at radius 3 is 2.80 bits per heavy atom. The number of fused-ring (bicyclic) bond motifs is 1. The van der Waals surface area contributed by atoms with Crippen molar-refractivity contribution in [1.29, 1.82) is 0 Å². The minimum Gasteiger partial charge on any atom is -0.306 e. The van der Waals surface area contributed by atoms with Crippen LogP contribution in [-0.4, -0.2) is 39.5 Å². The number of H-pyrrole nitrogens is 1. The molecule has 0 radical (unpaired) electrons. The standard InChI is InChI=1S/C19H18FN3OS/c20-14-5-6-15(13(11-14)12-23-7-9-25-10-8-23)18-21-17-4-2-1-3-16(17)19(24)22-18/h1-6,11H,7-10,12H2,(H,21,22,24). The summed E-state index contributed by atoms with van der Waals surface area (Å²) in [4.78, 5) is 22.1. The summed E-state index contributed by atoms with van der Waals surface area (Å²) in [5.41, 5.74) is 2.10. The molecule has 1 N–H and O–H groups in total. The van der Waals surface area contributed by atoms with Crippen LogP contribution in [0.1, 0.15) is 5.56 Å². The number of nitrogens with zero attached hydrogens (tertiary/aromatic N) is 2. The van der Waals surface area contributed by atoms with Gasteiger partial charge in [0, 0.05) is 36.7 Å². The summed E-state index contributed by atoms with van der Waals surface area (Å²) in [6.45, 7) is 2.63. The summed E-state index contributed by atoms with van der Waals surface area (Å²) in [5, 5.41) is 0.558. The van der Waals surface area contributed by atoms with Crippen LogP contribution in [0.25, 0.3) is 22.3 Å². The molecule has 3 aromatic rings. The summed E-state index contributed by atoms with van der Waals surface area (Å²) in [6, 6.07) is 11.9. The second kappa shape index (κ2) is 6.98. The number of halogens is 1. The van der Waals surface area contributed by atoms with Crippen LogP contribution in [0.15, 0.2) is 47.3 Å². The van der Waals surface area contributed by atoms with E-state index < -0.39 is 0 Å². The first-order valence-corrected chi connectivity index (χ1v) is 9.44. The predicted octanol–water partition coefficient (Wildman–Crippen LogP) is 3.28. The number of aromatic nitrogens is 2. The van der Waals surface area contributed by atoms with E-state index in [1.807, 2.05) is 30.0 Å². The summed E-state index contributed by atoms with van der Waals surface area (Å²) in [7, 11) is 0. The van der Waals surface area contributed by atoms with Gasteiger partial charge in [-0.25, -0.2) is 9.37 Å². The van der Waals surface area contributed by atoms with E-state index in [-0.39, 0.29) is 11.4 Å². The maximum atomic E-state index is 13.8. The summed E-state index contributed by atoms with van der Waals surface area (Å²) >= 11 is 1.94. The van der Waals surface area contributed by atoms with Crippen LogP contribution in [0.3, 0.4) is 0 Å². The van der Waals surface area contributed by atoms with Crippen LogP contribution in [0.5, 0.6) is 0 Å². The van der Waals surface area contributed by atoms with Crippen LogP contribution in [0, 0.1) is 5.82 Å². The van der Waals surface area contributed by atoms with Crippen LogP contribution >= 0.6 is 11.8 Å². The van der Waals surface area contributed by atoms with Crippen molar-refractivity contribution in [2.75, 3.05) is 24.6 Å². The van der Waals surface area contributed by atoms with Crippen LogP contribution in [0.4, 0.5) is 4.39 Å². The molecule has 1 aliphatic rings. The molecular formula is C19H18FN3OS. The molecule has 6 heteroatoms. The lowest BCUT2D eigenvalue weighted by atomic mass is 10.1. The number of hydrogen-bond acceptors (Lipinski definition) is 4. The molecule has 1 aliphatic heterocycles. The van der Waals surface area contributed by atoms with Gasteiger partial charge in [-0.3, -0.25) is 9.69 Å². The average molecular weight is 355 g/mol. The number of rotatable bonds is 3. The zero-order valence-corrected chi connectivity index (χ0v) is 14.5. The van der Waals surface area contributed by atoms with Crippen molar-refractivity contribution < 1.29 is 4.39 Å². The summed E-state index contributed by atoms with van der Waals surface area (Å²) in [6.07, 6.45) is 0. The van der Waals surface area contributed by atoms with Gasteiger partial charge in [-0.2, -0.15) is 11.8 Å². The summed E-state index contributed by atoms with van der Waals surface area (Å²) in [5.74, 6) is 2.41. The van der Waals surface area contributed by atoms with Crippen LogP contribution in [0.2, 0.25) is 0 Å². The number of hydrogen-bond donors (Lipinski definition) is 1. The Morgan fingerprint density at radius 1 is 1.16 bits per heavy atom. The molecule has 4 nitrogen and oxygen atoms in total. The fourth-order valence-corrected chi connectivity index (χ4v) is 4.12. The molecule has 2 heterocycles. The first kappa shape index (κ1) is 16.3. The van der Waals surface area contributed by atoms with Crippen molar-refractivity contribution in [3.05, 3.63) is 64.2 Å². The monoisotopic (exact) mass is 355 g/mol. The zero-order chi connectivity index (χ0) is 17.2. The Bertz CT molecular complexity index is 966. The van der Waals surface area contributed by atoms with Crippen LogP contribution in [-0.2, 0) is 6.54 Å². The molecule has 0 saturated carbocycles. The van der Waals surface area contributed by atoms with Gasteiger partial charge in [0.2, 0.25) is 0 Å². The molecule has 25 heavy (non-hydrogen) atoms. The molecule has 1 aromatic heterocycles. The van der Waals surface area contributed by atoms with Gasteiger partial charge in [-0.05, 0) is 35.9 Å². The molecule has 0 unspecified atom stereocenters. The maximum Gasteiger partial charge on any atom is 0.259 e. The summed E-state index contributed by atoms with van der Waals surface area (Å²) < 4.78 is 13.8. The zero-order valence-electron chi connectivity index (χ0n) is 13.7. The molecule has 0 atom stereocenters. The van der Waals surface area contributed by atoms with E-state index in [9.17, 15) is 9.18 Å². The Kier molecular flexibility index (Phi) is 4.55. The van der Waals surface area contributed by atoms with Crippen molar-refractivity contribution in [1.82, 2.24) is 14.9 Å². The Hall–Kier alpha value is -2.18. The minimum absolute atomic E-state index is 0.176. The normalized spacial score (nSPS) is 15.6. The Balaban J connectivity index is 1.78. The van der Waals surface area contributed by atoms with Gasteiger partial charge < -0.3 is 4.98 Å². The highest BCUT2D eigenvalue weighted by molar-refractivity contribution is 7.99. The topological polar surface area (TPSA) is 49.0 Å². The molecule has 128 valence electrons. The van der Waals surface area contributed by atoms with Gasteiger partial charge in [0.05, 0.1) is 10.9 Å². The number of aromatic amines is 1. The fraction of sp³-hybridized carbons (Fsp3) is 0.263. The molecule has 0 amide bonds. The van der Waals surface area contributed by atoms with E-state index in [1.165, 1.54) is 6.07 Å². The lowest BCUT2D eigenvalue weighted by Gasteiger charge is -2.27. The van der Waals surface area contributed by atoms with Gasteiger partial charge in [0.15, 0.2) is 0 Å². The second-order valence-electron chi connectivity index (χ2n) is 6.12. The lowest BCUT2D eigenvalue weighted by molar-refractivity contribution is 0.294. The molecule has 2 aromatic carbocycles. The van der Waals surface area contributed by atoms with E-state index in [4.69, 9.17) is 0 Å². The fourth-order valence-electron chi connectivity index (χ4n) is 3.14. The highest BCUT2D eigenvalue weighted by Crippen LogP contribution is 2.24. The molecular weight excluding hydrogens is 337 g/mol. The minimum atomic E-state index is -0.270. The highest BCUT2D eigenvalue weighted by atomic mass is 32.2. The molecule has 1 saturated heterocycles. The van der Waals surface area contributed by atoms with Gasteiger partial charge in [-0.15, -0.1) is 0 Å². The van der Waals surface area contributed by atoms with Crippen molar-refractivity contribution in [3.8, 4) is 11.4 Å². The van der Waals surface area contributed by atoms with Gasteiger partial charge in [-0.1, -0.05) is 12.1 Å². The van der Waals surface area contributed by atoms with Crippen molar-refractivity contribution in [2.45, 2.75) is 6.54 Å². The largest absolute Gasteiger partial charge is 0.306 e. The van der Waals surface area contributed by atoms with Crippen molar-refractivity contribution in [2.24, 2.45) is 0 Å². The first-order valence-electron chi connectivity index (χ1n) is 8.29. The lowest BCUT2D eigenvalue weighted by Crippen LogP contribution is -2.32. The average Bonchev–Trinajstić information content (AvgIpc) is 2.63. The maximum absolute atomic E-state index is 13.8. The molecule has 0 aliphatic carbocycles. The quantitative estimate of drug-likeness (QED) is 0.783. The third-order valence-corrected chi connectivity index (χ3v) is 5.38. The van der Waals surface area contributed by atoms with Crippen molar-refractivity contribution in [3.63, 3.8) is 0 Å². The third-order valence-electron chi connectivity index (χ3n) is 4.43. The SMILES string of the molecule is O=c1[nH]c(-c2ccc(F)cc2CN2CCSCC2)nc2ccccc12. The second-order valence-corrected chi connectivity index (χ2v) is 7.35. The highest BCUT2D eigenvalue weighted by Gasteiger charge is 2.16. The van der Waals surface area contributed by atoms with Gasteiger partial charge in [0.1, 0.15) is 11.6 Å². The number of benzene rings is 2. The van der Waals surface area contributed by atoms with E-state index in [2.05, 4.69) is 14.9 Å². The van der Waals surface area contributed by atoms with E-state index in [0.29, 0.717) is 23.3 Å². The first-order chi connectivity index (χ1) is 12.2. The number of para-hydroxylation sites is 1. The van der Waals surface area contributed by atoms with Gasteiger partial charge >= 0.3 is 0 Å². The van der Waals surface area contributed by atoms with E-state index in [1.54, 1.807) is 18.2 Å². The smallest absolute Gasteiger partial charge is 0.259 e. The predicted molar refractivity (Wildman–Crippen MR) is 100 cm³/mol. The number of nitrogens with one attached hydrogen (secondary N) is 1. The molecule has 0 spiro atoms. The van der Waals surface area contributed by atoms with Crippen LogP contribution < -0.4 is 5.56 Å². The number of thioether (sulfide) groups is 1. The third kappa shape index (κ3) is 3.45. The Labute approximate surface area is 149 Å². The van der Waals surface area contributed by atoms with Gasteiger partial charge in [0.25, 0.3) is 5.56 Å². The molecule has 4 rings (SSSR count). The Morgan fingerprint density at radius 2 is 1.96 bits per heavy atom. The van der Waals surface area contributed by atoms with E-state index >= 15 is 0 Å². The molecule has 1 fully saturated rings. The van der Waals surface area contributed by atoms with E-state index in [0.717, 1.165) is 35.7 Å².